The largest absolute Gasteiger partial charge is 0.337 e. The summed E-state index contributed by atoms with van der Waals surface area (Å²) in [6.07, 6.45) is 5.34. The lowest BCUT2D eigenvalue weighted by molar-refractivity contribution is -0.132. The Morgan fingerprint density at radius 2 is 1.81 bits per heavy atom. The third-order valence-corrected chi connectivity index (χ3v) is 5.07. The Hall–Kier alpha value is -2.77. The number of nitrogens with zero attached hydrogens (tertiary/aromatic N) is 3. The second kappa shape index (κ2) is 6.51. The molecule has 7 nitrogen and oxygen atoms in total. The van der Waals surface area contributed by atoms with E-state index in [1.54, 1.807) is 0 Å². The molecule has 1 spiro atoms. The van der Waals surface area contributed by atoms with E-state index in [9.17, 15) is 14.0 Å². The molecule has 1 N–H and O–H groups in total. The fourth-order valence-corrected chi connectivity index (χ4v) is 3.66. The molecular weight excluding hydrogens is 339 g/mol. The van der Waals surface area contributed by atoms with Crippen LogP contribution in [-0.4, -0.2) is 32.5 Å². The van der Waals surface area contributed by atoms with E-state index in [1.807, 2.05) is 0 Å². The second-order valence-corrected chi connectivity index (χ2v) is 6.84. The van der Waals surface area contributed by atoms with Gasteiger partial charge in [-0.2, -0.15) is 4.98 Å². The summed E-state index contributed by atoms with van der Waals surface area (Å²) >= 11 is 0. The molecule has 26 heavy (non-hydrogen) atoms. The number of amides is 3. The standard InChI is InChI=1S/C18H19FN4O3/c19-13-7-5-12(6-8-13)15-20-14(26-22-15)11-23-16(24)18(21-17(23)25)9-3-1-2-4-10-18/h5-8H,1-4,9-11H2,(H,21,25). The van der Waals surface area contributed by atoms with E-state index in [-0.39, 0.29) is 30.0 Å². The summed E-state index contributed by atoms with van der Waals surface area (Å²) in [5, 5.41) is 6.73. The van der Waals surface area contributed by atoms with Gasteiger partial charge in [0.2, 0.25) is 11.7 Å². The summed E-state index contributed by atoms with van der Waals surface area (Å²) in [6.45, 7) is -0.0688. The summed E-state index contributed by atoms with van der Waals surface area (Å²) in [4.78, 5) is 30.6. The van der Waals surface area contributed by atoms with Gasteiger partial charge in [-0.25, -0.2) is 9.18 Å². The van der Waals surface area contributed by atoms with Crippen molar-refractivity contribution in [2.24, 2.45) is 0 Å². The second-order valence-electron chi connectivity index (χ2n) is 6.84. The van der Waals surface area contributed by atoms with Crippen LogP contribution < -0.4 is 5.32 Å². The first kappa shape index (κ1) is 16.7. The minimum atomic E-state index is -0.784. The molecule has 0 atom stereocenters. The van der Waals surface area contributed by atoms with Crippen LogP contribution >= 0.6 is 0 Å². The Bertz CT molecular complexity index is 825. The number of urea groups is 1. The number of carbonyl (C=O) groups excluding carboxylic acids is 2. The first-order valence-corrected chi connectivity index (χ1v) is 8.80. The highest BCUT2D eigenvalue weighted by Gasteiger charge is 2.51. The van der Waals surface area contributed by atoms with Crippen LogP contribution in [0, 0.1) is 5.82 Å². The fraction of sp³-hybridized carbons (Fsp3) is 0.444. The highest BCUT2D eigenvalue weighted by molar-refractivity contribution is 6.06. The Balaban J connectivity index is 1.51. The molecule has 2 aromatic rings. The number of aromatic nitrogens is 2. The molecule has 1 aromatic carbocycles. The maximum absolute atomic E-state index is 13.0. The zero-order valence-corrected chi connectivity index (χ0v) is 14.2. The number of hydrogen-bond donors (Lipinski definition) is 1. The van der Waals surface area contributed by atoms with E-state index in [4.69, 9.17) is 4.52 Å². The zero-order valence-electron chi connectivity index (χ0n) is 14.2. The lowest BCUT2D eigenvalue weighted by Crippen LogP contribution is -2.46. The molecular formula is C18H19FN4O3. The molecule has 136 valence electrons. The molecule has 3 amide bonds. The fourth-order valence-electron chi connectivity index (χ4n) is 3.66. The van der Waals surface area contributed by atoms with Gasteiger partial charge in [0.05, 0.1) is 0 Å². The van der Waals surface area contributed by atoms with Gasteiger partial charge < -0.3 is 9.84 Å². The molecule has 2 heterocycles. The number of benzene rings is 1. The van der Waals surface area contributed by atoms with Gasteiger partial charge in [-0.15, -0.1) is 0 Å². The van der Waals surface area contributed by atoms with Crippen molar-refractivity contribution in [2.45, 2.75) is 50.6 Å². The Kier molecular flexibility index (Phi) is 4.18. The summed E-state index contributed by atoms with van der Waals surface area (Å²) in [6, 6.07) is 5.27. The van der Waals surface area contributed by atoms with Gasteiger partial charge in [0.15, 0.2) is 0 Å². The molecule has 2 aliphatic rings. The van der Waals surface area contributed by atoms with E-state index < -0.39 is 11.6 Å². The third-order valence-electron chi connectivity index (χ3n) is 5.07. The maximum atomic E-state index is 13.0. The molecule has 4 rings (SSSR count). The van der Waals surface area contributed by atoms with Crippen LogP contribution in [0.2, 0.25) is 0 Å². The van der Waals surface area contributed by atoms with Crippen LogP contribution in [-0.2, 0) is 11.3 Å². The van der Waals surface area contributed by atoms with E-state index in [0.29, 0.717) is 18.4 Å². The van der Waals surface area contributed by atoms with Crippen LogP contribution in [0.25, 0.3) is 11.4 Å². The topological polar surface area (TPSA) is 88.3 Å². The van der Waals surface area contributed by atoms with Gasteiger partial charge in [0, 0.05) is 5.56 Å². The Morgan fingerprint density at radius 1 is 1.12 bits per heavy atom. The molecule has 0 radical (unpaired) electrons. The predicted molar refractivity (Wildman–Crippen MR) is 89.2 cm³/mol. The van der Waals surface area contributed by atoms with Crippen molar-refractivity contribution in [2.75, 3.05) is 0 Å². The van der Waals surface area contributed by atoms with Crippen LogP contribution in [0.1, 0.15) is 44.4 Å². The first-order chi connectivity index (χ1) is 12.6. The zero-order chi connectivity index (χ0) is 18.1. The SMILES string of the molecule is O=C1NC2(CCCCCC2)C(=O)N1Cc1nc(-c2ccc(F)cc2)no1. The predicted octanol–water partition coefficient (Wildman–Crippen LogP) is 3.02. The molecule has 1 saturated heterocycles. The van der Waals surface area contributed by atoms with Crippen molar-refractivity contribution >= 4 is 11.9 Å². The maximum Gasteiger partial charge on any atom is 0.325 e. The smallest absolute Gasteiger partial charge is 0.325 e. The third kappa shape index (κ3) is 2.95. The average molecular weight is 358 g/mol. The number of carbonyl (C=O) groups is 2. The van der Waals surface area contributed by atoms with Crippen LogP contribution in [0.15, 0.2) is 28.8 Å². The molecule has 1 aliphatic heterocycles. The van der Waals surface area contributed by atoms with Gasteiger partial charge in [-0.05, 0) is 37.1 Å². The number of imide groups is 1. The van der Waals surface area contributed by atoms with Gasteiger partial charge in [0.25, 0.3) is 5.91 Å². The molecule has 1 saturated carbocycles. The van der Waals surface area contributed by atoms with Crippen molar-refractivity contribution in [1.82, 2.24) is 20.4 Å². The Labute approximate surface area is 149 Å². The highest BCUT2D eigenvalue weighted by atomic mass is 19.1. The van der Waals surface area contributed by atoms with E-state index >= 15 is 0 Å². The van der Waals surface area contributed by atoms with Crippen molar-refractivity contribution in [1.29, 1.82) is 0 Å². The van der Waals surface area contributed by atoms with Crippen LogP contribution in [0.3, 0.4) is 0 Å². The van der Waals surface area contributed by atoms with Crippen LogP contribution in [0.5, 0.6) is 0 Å². The normalized spacial score (nSPS) is 19.7. The van der Waals surface area contributed by atoms with Crippen molar-refractivity contribution in [3.8, 4) is 11.4 Å². The van der Waals surface area contributed by atoms with Crippen molar-refractivity contribution < 1.29 is 18.5 Å². The Morgan fingerprint density at radius 3 is 2.50 bits per heavy atom. The quantitative estimate of drug-likeness (QED) is 0.852. The lowest BCUT2D eigenvalue weighted by atomic mass is 9.90. The summed E-state index contributed by atoms with van der Waals surface area (Å²) in [5.74, 6) is -0.119. The molecule has 0 bridgehead atoms. The number of nitrogens with one attached hydrogen (secondary N) is 1. The van der Waals surface area contributed by atoms with Crippen molar-refractivity contribution in [3.05, 3.63) is 36.0 Å². The van der Waals surface area contributed by atoms with E-state index in [1.165, 1.54) is 24.3 Å². The molecule has 1 aromatic heterocycles. The monoisotopic (exact) mass is 358 g/mol. The molecule has 2 fully saturated rings. The first-order valence-electron chi connectivity index (χ1n) is 8.80. The van der Waals surface area contributed by atoms with Gasteiger partial charge >= 0.3 is 6.03 Å². The average Bonchev–Trinajstić information content (AvgIpc) is 3.08. The van der Waals surface area contributed by atoms with Crippen LogP contribution in [0.4, 0.5) is 9.18 Å². The van der Waals surface area contributed by atoms with Gasteiger partial charge in [-0.1, -0.05) is 30.8 Å². The number of rotatable bonds is 3. The van der Waals surface area contributed by atoms with Crippen molar-refractivity contribution in [3.63, 3.8) is 0 Å². The highest BCUT2D eigenvalue weighted by Crippen LogP contribution is 2.33. The minimum Gasteiger partial charge on any atom is -0.337 e. The van der Waals surface area contributed by atoms with E-state index in [2.05, 4.69) is 15.5 Å². The summed E-state index contributed by atoms with van der Waals surface area (Å²) in [7, 11) is 0. The minimum absolute atomic E-state index is 0.0688. The lowest BCUT2D eigenvalue weighted by Gasteiger charge is -2.24. The van der Waals surface area contributed by atoms with E-state index in [0.717, 1.165) is 30.6 Å². The number of halogens is 1. The van der Waals surface area contributed by atoms with Gasteiger partial charge in [0.1, 0.15) is 17.9 Å². The molecule has 0 unspecified atom stereocenters. The molecule has 1 aliphatic carbocycles. The number of hydrogen-bond acceptors (Lipinski definition) is 5. The summed E-state index contributed by atoms with van der Waals surface area (Å²) < 4.78 is 18.2. The molecule has 8 heteroatoms. The summed E-state index contributed by atoms with van der Waals surface area (Å²) in [5.41, 5.74) is -0.188. The van der Waals surface area contributed by atoms with Gasteiger partial charge in [-0.3, -0.25) is 9.69 Å².